The Morgan fingerprint density at radius 1 is 1.35 bits per heavy atom. The Bertz CT molecular complexity index is 450. The van der Waals surface area contributed by atoms with E-state index in [4.69, 9.17) is 4.74 Å². The third-order valence-electron chi connectivity index (χ3n) is 3.70. The lowest BCUT2D eigenvalue weighted by Crippen LogP contribution is -2.40. The average Bonchev–Trinajstić information content (AvgIpc) is 2.47. The van der Waals surface area contributed by atoms with Crippen LogP contribution in [0.1, 0.15) is 37.6 Å². The van der Waals surface area contributed by atoms with Crippen LogP contribution in [0.3, 0.4) is 0 Å². The van der Waals surface area contributed by atoms with E-state index in [-0.39, 0.29) is 0 Å². The van der Waals surface area contributed by atoms with Crippen molar-refractivity contribution in [3.8, 4) is 0 Å². The highest BCUT2D eigenvalue weighted by molar-refractivity contribution is 5.58. The number of hydrogen-bond acceptors (Lipinski definition) is 5. The lowest BCUT2D eigenvalue weighted by atomic mass is 10.1. The van der Waals surface area contributed by atoms with Crippen molar-refractivity contribution in [2.24, 2.45) is 0 Å². The number of rotatable bonds is 5. The number of aryl methyl sites for hydroxylation is 1. The van der Waals surface area contributed by atoms with Gasteiger partial charge in [0.2, 0.25) is 0 Å². The van der Waals surface area contributed by atoms with Crippen LogP contribution in [-0.2, 0) is 4.74 Å². The SMILES string of the molecule is CCCOC1CCCN(c2nc(C)nc(NC)c2C)C1. The van der Waals surface area contributed by atoms with Crippen molar-refractivity contribution >= 4 is 11.6 Å². The Labute approximate surface area is 121 Å². The number of anilines is 2. The molecule has 1 unspecified atom stereocenters. The van der Waals surface area contributed by atoms with E-state index in [9.17, 15) is 0 Å². The number of ether oxygens (including phenoxy) is 1. The maximum absolute atomic E-state index is 5.91. The summed E-state index contributed by atoms with van der Waals surface area (Å²) >= 11 is 0. The number of nitrogens with zero attached hydrogens (tertiary/aromatic N) is 3. The molecule has 0 amide bonds. The number of hydrogen-bond donors (Lipinski definition) is 1. The lowest BCUT2D eigenvalue weighted by molar-refractivity contribution is 0.0439. The molecule has 0 spiro atoms. The molecule has 1 aromatic rings. The van der Waals surface area contributed by atoms with Crippen molar-refractivity contribution in [2.45, 2.75) is 46.1 Å². The second kappa shape index (κ2) is 6.88. The molecule has 0 radical (unpaired) electrons. The van der Waals surface area contributed by atoms with Crippen LogP contribution in [0.5, 0.6) is 0 Å². The number of piperidine rings is 1. The van der Waals surface area contributed by atoms with Crippen LogP contribution in [0, 0.1) is 13.8 Å². The molecule has 1 N–H and O–H groups in total. The standard InChI is InChI=1S/C15H26N4O/c1-5-9-20-13-7-6-8-19(10-13)15-11(2)14(16-4)17-12(3)18-15/h13H,5-10H2,1-4H3,(H,16,17,18). The summed E-state index contributed by atoms with van der Waals surface area (Å²) < 4.78 is 5.91. The highest BCUT2D eigenvalue weighted by Gasteiger charge is 2.23. The molecule has 2 heterocycles. The Balaban J connectivity index is 2.16. The highest BCUT2D eigenvalue weighted by Crippen LogP contribution is 2.26. The van der Waals surface area contributed by atoms with Crippen LogP contribution in [0.15, 0.2) is 0 Å². The van der Waals surface area contributed by atoms with Crippen LogP contribution >= 0.6 is 0 Å². The number of nitrogens with one attached hydrogen (secondary N) is 1. The highest BCUT2D eigenvalue weighted by atomic mass is 16.5. The quantitative estimate of drug-likeness (QED) is 0.897. The molecule has 20 heavy (non-hydrogen) atoms. The van der Waals surface area contributed by atoms with E-state index in [1.165, 1.54) is 0 Å². The second-order valence-corrected chi connectivity index (χ2v) is 5.40. The van der Waals surface area contributed by atoms with Gasteiger partial charge in [-0.15, -0.1) is 0 Å². The van der Waals surface area contributed by atoms with Gasteiger partial charge >= 0.3 is 0 Å². The van der Waals surface area contributed by atoms with Gasteiger partial charge in [0.1, 0.15) is 17.5 Å². The molecule has 5 heteroatoms. The van der Waals surface area contributed by atoms with E-state index in [0.717, 1.165) is 62.0 Å². The largest absolute Gasteiger partial charge is 0.376 e. The first kappa shape index (κ1) is 15.0. The van der Waals surface area contributed by atoms with Crippen molar-refractivity contribution in [1.29, 1.82) is 0 Å². The van der Waals surface area contributed by atoms with E-state index in [0.29, 0.717) is 6.10 Å². The summed E-state index contributed by atoms with van der Waals surface area (Å²) in [6, 6.07) is 0. The van der Waals surface area contributed by atoms with Crippen molar-refractivity contribution < 1.29 is 4.74 Å². The molecule has 0 aliphatic carbocycles. The van der Waals surface area contributed by atoms with Crippen LogP contribution in [-0.4, -0.2) is 42.8 Å². The topological polar surface area (TPSA) is 50.3 Å². The first-order valence-corrected chi connectivity index (χ1v) is 7.55. The van der Waals surface area contributed by atoms with Gasteiger partial charge in [0.15, 0.2) is 0 Å². The molecule has 112 valence electrons. The van der Waals surface area contributed by atoms with Gasteiger partial charge in [-0.1, -0.05) is 6.92 Å². The zero-order chi connectivity index (χ0) is 14.5. The Morgan fingerprint density at radius 2 is 2.15 bits per heavy atom. The second-order valence-electron chi connectivity index (χ2n) is 5.40. The summed E-state index contributed by atoms with van der Waals surface area (Å²) in [4.78, 5) is 11.4. The zero-order valence-electron chi connectivity index (χ0n) is 13.1. The fourth-order valence-corrected chi connectivity index (χ4v) is 2.72. The van der Waals surface area contributed by atoms with Crippen LogP contribution in [0.4, 0.5) is 11.6 Å². The summed E-state index contributed by atoms with van der Waals surface area (Å²) in [5.41, 5.74) is 1.12. The van der Waals surface area contributed by atoms with Crippen LogP contribution in [0.25, 0.3) is 0 Å². The van der Waals surface area contributed by atoms with Gasteiger partial charge in [-0.25, -0.2) is 9.97 Å². The Morgan fingerprint density at radius 3 is 2.85 bits per heavy atom. The van der Waals surface area contributed by atoms with E-state index in [1.54, 1.807) is 0 Å². The zero-order valence-corrected chi connectivity index (χ0v) is 13.1. The van der Waals surface area contributed by atoms with Gasteiger partial charge in [0, 0.05) is 32.3 Å². The molecule has 1 fully saturated rings. The van der Waals surface area contributed by atoms with Crippen molar-refractivity contribution in [3.63, 3.8) is 0 Å². The van der Waals surface area contributed by atoms with E-state index < -0.39 is 0 Å². The van der Waals surface area contributed by atoms with Gasteiger partial charge < -0.3 is 15.0 Å². The molecule has 0 saturated carbocycles. The first-order valence-electron chi connectivity index (χ1n) is 7.55. The maximum atomic E-state index is 5.91. The maximum Gasteiger partial charge on any atom is 0.137 e. The Kier molecular flexibility index (Phi) is 5.17. The summed E-state index contributed by atoms with van der Waals surface area (Å²) in [6.45, 7) is 9.00. The Hall–Kier alpha value is -1.36. The fraction of sp³-hybridized carbons (Fsp3) is 0.733. The predicted molar refractivity (Wildman–Crippen MR) is 82.5 cm³/mol. The molecule has 1 aromatic heterocycles. The van der Waals surface area contributed by atoms with Crippen molar-refractivity contribution in [3.05, 3.63) is 11.4 Å². The minimum atomic E-state index is 0.330. The van der Waals surface area contributed by atoms with Gasteiger partial charge in [0.05, 0.1) is 6.10 Å². The number of aromatic nitrogens is 2. The van der Waals surface area contributed by atoms with Crippen molar-refractivity contribution in [1.82, 2.24) is 9.97 Å². The minimum Gasteiger partial charge on any atom is -0.376 e. The fourth-order valence-electron chi connectivity index (χ4n) is 2.72. The molecular formula is C15H26N4O. The molecule has 5 nitrogen and oxygen atoms in total. The molecule has 1 atom stereocenters. The molecule has 1 aliphatic heterocycles. The minimum absolute atomic E-state index is 0.330. The first-order chi connectivity index (χ1) is 9.65. The molecule has 1 aliphatic rings. The smallest absolute Gasteiger partial charge is 0.137 e. The van der Waals surface area contributed by atoms with Crippen molar-refractivity contribution in [2.75, 3.05) is 37.0 Å². The molecule has 0 aromatic carbocycles. The summed E-state index contributed by atoms with van der Waals surface area (Å²) in [5.74, 6) is 2.78. The lowest BCUT2D eigenvalue weighted by Gasteiger charge is -2.34. The van der Waals surface area contributed by atoms with E-state index in [2.05, 4.69) is 34.0 Å². The molecule has 2 rings (SSSR count). The molecule has 0 bridgehead atoms. The molecule has 1 saturated heterocycles. The van der Waals surface area contributed by atoms with Crippen LogP contribution in [0.2, 0.25) is 0 Å². The molecular weight excluding hydrogens is 252 g/mol. The average molecular weight is 278 g/mol. The van der Waals surface area contributed by atoms with Gasteiger partial charge in [-0.3, -0.25) is 0 Å². The van der Waals surface area contributed by atoms with Gasteiger partial charge in [-0.05, 0) is 33.1 Å². The summed E-state index contributed by atoms with van der Waals surface area (Å²) in [5, 5.41) is 3.15. The predicted octanol–water partition coefficient (Wildman–Crippen LogP) is 2.53. The summed E-state index contributed by atoms with van der Waals surface area (Å²) in [7, 11) is 1.90. The van der Waals surface area contributed by atoms with E-state index >= 15 is 0 Å². The van der Waals surface area contributed by atoms with Crippen LogP contribution < -0.4 is 10.2 Å². The van der Waals surface area contributed by atoms with Gasteiger partial charge in [-0.2, -0.15) is 0 Å². The van der Waals surface area contributed by atoms with Gasteiger partial charge in [0.25, 0.3) is 0 Å². The third kappa shape index (κ3) is 3.39. The van der Waals surface area contributed by atoms with E-state index in [1.807, 2.05) is 14.0 Å². The normalized spacial score (nSPS) is 19.2. The monoisotopic (exact) mass is 278 g/mol. The summed E-state index contributed by atoms with van der Waals surface area (Å²) in [6.07, 6.45) is 3.72. The third-order valence-corrected chi connectivity index (χ3v) is 3.70.